The molecule has 0 unspecified atom stereocenters. The molecule has 0 fully saturated rings. The fourth-order valence-corrected chi connectivity index (χ4v) is 2.87. The van der Waals surface area contributed by atoms with Gasteiger partial charge in [-0.05, 0) is 57.1 Å². The minimum Gasteiger partial charge on any atom is -0.449 e. The van der Waals surface area contributed by atoms with Crippen molar-refractivity contribution in [2.45, 2.75) is 46.1 Å². The second-order valence-corrected chi connectivity index (χ2v) is 8.11. The van der Waals surface area contributed by atoms with E-state index >= 15 is 0 Å². The average Bonchev–Trinajstić information content (AvgIpc) is 2.60. The molecule has 0 aliphatic heterocycles. The monoisotopic (exact) mass is 418 g/mol. The van der Waals surface area contributed by atoms with Crippen molar-refractivity contribution in [3.63, 3.8) is 0 Å². The van der Waals surface area contributed by atoms with Gasteiger partial charge in [-0.3, -0.25) is 5.32 Å². The molecule has 0 saturated carbocycles. The lowest BCUT2D eigenvalue weighted by Crippen LogP contribution is -2.14. The number of ether oxygens (including phenoxy) is 1. The number of hydrogen-bond donors (Lipinski definition) is 2. The van der Waals surface area contributed by atoms with E-state index in [2.05, 4.69) is 71.6 Å². The summed E-state index contributed by atoms with van der Waals surface area (Å²) in [4.78, 5) is 11.6. The quantitative estimate of drug-likeness (QED) is 0.576. The number of carbonyl (C=O) groups excluding carboxylic acids is 1. The van der Waals surface area contributed by atoms with Gasteiger partial charge in [-0.2, -0.15) is 0 Å². The topological polar surface area (TPSA) is 50.4 Å². The third-order valence-corrected chi connectivity index (χ3v) is 4.62. The van der Waals surface area contributed by atoms with Crippen molar-refractivity contribution >= 4 is 33.4 Å². The van der Waals surface area contributed by atoms with E-state index in [4.69, 9.17) is 4.74 Å². The number of benzene rings is 2. The van der Waals surface area contributed by atoms with Gasteiger partial charge in [0.2, 0.25) is 0 Å². The second kappa shape index (κ2) is 9.08. The Bertz CT molecular complexity index is 737. The van der Waals surface area contributed by atoms with Crippen LogP contribution in [0.15, 0.2) is 46.9 Å². The van der Waals surface area contributed by atoms with Gasteiger partial charge in [0.15, 0.2) is 0 Å². The van der Waals surface area contributed by atoms with E-state index in [1.54, 1.807) is 0 Å². The lowest BCUT2D eigenvalue weighted by molar-refractivity contribution is 0.161. The highest BCUT2D eigenvalue weighted by Crippen LogP contribution is 2.27. The number of nitrogens with one attached hydrogen (secondary N) is 2. The molecule has 26 heavy (non-hydrogen) atoms. The van der Waals surface area contributed by atoms with Crippen molar-refractivity contribution in [3.05, 3.63) is 58.1 Å². The van der Waals surface area contributed by atoms with Crippen LogP contribution >= 0.6 is 15.9 Å². The number of carbonyl (C=O) groups is 1. The third kappa shape index (κ3) is 6.06. The Balaban J connectivity index is 1.94. The molecule has 0 aromatic heterocycles. The predicted octanol–water partition coefficient (Wildman–Crippen LogP) is 6.32. The van der Waals surface area contributed by atoms with Gasteiger partial charge in [-0.1, -0.05) is 52.0 Å². The summed E-state index contributed by atoms with van der Waals surface area (Å²) < 4.78 is 5.84. The molecular formula is C21H27BrN2O2. The third-order valence-electron chi connectivity index (χ3n) is 3.96. The highest BCUT2D eigenvalue weighted by Gasteiger charge is 2.12. The molecule has 2 rings (SSSR count). The van der Waals surface area contributed by atoms with Crippen molar-refractivity contribution in [2.24, 2.45) is 0 Å². The SMILES string of the molecule is CCCOC(=O)Nc1ccc(NCc2ccc(C(C)(C)C)cc2)cc1Br. The molecule has 5 heteroatoms. The lowest BCUT2D eigenvalue weighted by atomic mass is 9.87. The van der Waals surface area contributed by atoms with E-state index in [9.17, 15) is 4.79 Å². The molecule has 0 aliphatic carbocycles. The Kier molecular flexibility index (Phi) is 7.09. The van der Waals surface area contributed by atoms with Crippen LogP contribution in [-0.4, -0.2) is 12.7 Å². The lowest BCUT2D eigenvalue weighted by Gasteiger charge is -2.19. The number of rotatable bonds is 6. The fraction of sp³-hybridized carbons (Fsp3) is 0.381. The van der Waals surface area contributed by atoms with Crippen LogP contribution in [0.25, 0.3) is 0 Å². The number of anilines is 2. The first kappa shape index (κ1) is 20.3. The first-order valence-corrected chi connectivity index (χ1v) is 9.65. The maximum Gasteiger partial charge on any atom is 0.411 e. The van der Waals surface area contributed by atoms with Crippen LogP contribution in [0.5, 0.6) is 0 Å². The zero-order valence-electron chi connectivity index (χ0n) is 15.9. The Morgan fingerprint density at radius 3 is 2.38 bits per heavy atom. The Hall–Kier alpha value is -2.01. The van der Waals surface area contributed by atoms with Gasteiger partial charge in [-0.25, -0.2) is 4.79 Å². The summed E-state index contributed by atoms with van der Waals surface area (Å²) in [5.41, 5.74) is 4.38. The molecule has 2 N–H and O–H groups in total. The average molecular weight is 419 g/mol. The van der Waals surface area contributed by atoms with Crippen molar-refractivity contribution in [2.75, 3.05) is 17.2 Å². The van der Waals surface area contributed by atoms with Gasteiger partial charge < -0.3 is 10.1 Å². The molecule has 140 valence electrons. The van der Waals surface area contributed by atoms with Crippen molar-refractivity contribution in [1.29, 1.82) is 0 Å². The first-order chi connectivity index (χ1) is 12.3. The van der Waals surface area contributed by atoms with Crippen LogP contribution in [0.2, 0.25) is 0 Å². The fourth-order valence-electron chi connectivity index (χ4n) is 2.39. The summed E-state index contributed by atoms with van der Waals surface area (Å²) in [6.07, 6.45) is 0.362. The second-order valence-electron chi connectivity index (χ2n) is 7.26. The summed E-state index contributed by atoms with van der Waals surface area (Å²) in [6, 6.07) is 14.4. The van der Waals surface area contributed by atoms with Gasteiger partial charge in [0.1, 0.15) is 0 Å². The number of amides is 1. The van der Waals surface area contributed by atoms with Crippen LogP contribution in [0.4, 0.5) is 16.2 Å². The molecule has 2 aromatic carbocycles. The van der Waals surface area contributed by atoms with Crippen LogP contribution in [-0.2, 0) is 16.7 Å². The smallest absolute Gasteiger partial charge is 0.411 e. The molecule has 0 saturated heterocycles. The van der Waals surface area contributed by atoms with Gasteiger partial charge in [0.05, 0.1) is 12.3 Å². The summed E-state index contributed by atoms with van der Waals surface area (Å²) in [6.45, 7) is 9.75. The molecule has 2 aromatic rings. The number of hydrogen-bond acceptors (Lipinski definition) is 3. The standard InChI is InChI=1S/C21H27BrN2O2/c1-5-12-26-20(25)24-19-11-10-17(13-18(19)22)23-14-15-6-8-16(9-7-15)21(2,3)4/h6-11,13,23H,5,12,14H2,1-4H3,(H,24,25). The Labute approximate surface area is 164 Å². The van der Waals surface area contributed by atoms with E-state index < -0.39 is 6.09 Å². The number of halogens is 1. The van der Waals surface area contributed by atoms with E-state index in [-0.39, 0.29) is 5.41 Å². The van der Waals surface area contributed by atoms with Crippen LogP contribution in [0, 0.1) is 0 Å². The first-order valence-electron chi connectivity index (χ1n) is 8.86. The molecule has 4 nitrogen and oxygen atoms in total. The summed E-state index contributed by atoms with van der Waals surface area (Å²) in [5, 5.41) is 6.13. The highest BCUT2D eigenvalue weighted by atomic mass is 79.9. The van der Waals surface area contributed by atoms with Gasteiger partial charge in [0.25, 0.3) is 0 Å². The van der Waals surface area contributed by atoms with Crippen LogP contribution in [0.1, 0.15) is 45.2 Å². The van der Waals surface area contributed by atoms with E-state index in [1.807, 2.05) is 25.1 Å². The van der Waals surface area contributed by atoms with E-state index in [1.165, 1.54) is 11.1 Å². The molecule has 1 amide bonds. The zero-order chi connectivity index (χ0) is 19.2. The molecule has 0 aliphatic rings. The van der Waals surface area contributed by atoms with Crippen molar-refractivity contribution < 1.29 is 9.53 Å². The zero-order valence-corrected chi connectivity index (χ0v) is 17.4. The molecule has 0 atom stereocenters. The highest BCUT2D eigenvalue weighted by molar-refractivity contribution is 9.10. The molecule has 0 bridgehead atoms. The minimum atomic E-state index is -0.438. The molecule has 0 spiro atoms. The van der Waals surface area contributed by atoms with Crippen LogP contribution < -0.4 is 10.6 Å². The van der Waals surface area contributed by atoms with E-state index in [0.29, 0.717) is 12.3 Å². The summed E-state index contributed by atoms with van der Waals surface area (Å²) in [5.74, 6) is 0. The van der Waals surface area contributed by atoms with Crippen LogP contribution in [0.3, 0.4) is 0 Å². The van der Waals surface area contributed by atoms with Gasteiger partial charge >= 0.3 is 6.09 Å². The molecule has 0 heterocycles. The normalized spacial score (nSPS) is 11.1. The predicted molar refractivity (Wildman–Crippen MR) is 112 cm³/mol. The van der Waals surface area contributed by atoms with E-state index in [0.717, 1.165) is 23.1 Å². The maximum atomic E-state index is 11.6. The van der Waals surface area contributed by atoms with Gasteiger partial charge in [0, 0.05) is 16.7 Å². The molecule has 0 radical (unpaired) electrons. The Morgan fingerprint density at radius 2 is 1.81 bits per heavy atom. The minimum absolute atomic E-state index is 0.165. The maximum absolute atomic E-state index is 11.6. The van der Waals surface area contributed by atoms with Crippen molar-refractivity contribution in [1.82, 2.24) is 0 Å². The van der Waals surface area contributed by atoms with Crippen molar-refractivity contribution in [3.8, 4) is 0 Å². The largest absolute Gasteiger partial charge is 0.449 e. The van der Waals surface area contributed by atoms with Gasteiger partial charge in [-0.15, -0.1) is 0 Å². The summed E-state index contributed by atoms with van der Waals surface area (Å²) >= 11 is 3.49. The summed E-state index contributed by atoms with van der Waals surface area (Å²) in [7, 11) is 0. The Morgan fingerprint density at radius 1 is 1.12 bits per heavy atom. The molecular weight excluding hydrogens is 392 g/mol.